The lowest BCUT2D eigenvalue weighted by Crippen LogP contribution is -2.35. The normalized spacial score (nSPS) is 13.4. The summed E-state index contributed by atoms with van der Waals surface area (Å²) in [6.45, 7) is 1.80. The number of carboxylic acids is 1. The number of carbonyl (C=O) groups is 2. The maximum atomic E-state index is 12.4. The number of aliphatic carboxylic acids is 1. The van der Waals surface area contributed by atoms with E-state index in [2.05, 4.69) is 4.74 Å². The highest BCUT2D eigenvalue weighted by atomic mass is 19.3. The molecule has 0 amide bonds. The van der Waals surface area contributed by atoms with E-state index < -0.39 is 30.4 Å². The van der Waals surface area contributed by atoms with Crippen molar-refractivity contribution >= 4 is 11.9 Å². The molecule has 0 aliphatic carbocycles. The summed E-state index contributed by atoms with van der Waals surface area (Å²) in [5.74, 6) is -7.62. The molecule has 0 bridgehead atoms. The molecule has 0 heterocycles. The van der Waals surface area contributed by atoms with Crippen LogP contribution in [0.1, 0.15) is 20.3 Å². The van der Waals surface area contributed by atoms with Gasteiger partial charge in [0.25, 0.3) is 0 Å². The Bertz CT molecular complexity index is 227. The first kappa shape index (κ1) is 12.8. The summed E-state index contributed by atoms with van der Waals surface area (Å²) >= 11 is 0. The highest BCUT2D eigenvalue weighted by Crippen LogP contribution is 2.15. The summed E-state index contributed by atoms with van der Waals surface area (Å²) in [7, 11) is 0. The van der Waals surface area contributed by atoms with Gasteiger partial charge in [-0.05, 0) is 6.42 Å². The zero-order chi connectivity index (χ0) is 11.4. The van der Waals surface area contributed by atoms with Crippen LogP contribution in [-0.2, 0) is 14.3 Å². The number of ether oxygens (including phenoxy) is 1. The van der Waals surface area contributed by atoms with Gasteiger partial charge in [-0.1, -0.05) is 13.8 Å². The molecule has 4 nitrogen and oxygen atoms in total. The van der Waals surface area contributed by atoms with Crippen LogP contribution in [0, 0.1) is 5.92 Å². The lowest BCUT2D eigenvalue weighted by molar-refractivity contribution is -0.179. The Morgan fingerprint density at radius 2 is 2.00 bits per heavy atom. The SMILES string of the molecule is CCC(C)C(=O)OCC(F)(F)C(=O)O. The number of carbonyl (C=O) groups excluding carboxylic acids is 1. The van der Waals surface area contributed by atoms with Crippen LogP contribution in [0.15, 0.2) is 0 Å². The van der Waals surface area contributed by atoms with Crippen molar-refractivity contribution in [3.8, 4) is 0 Å². The van der Waals surface area contributed by atoms with E-state index in [-0.39, 0.29) is 0 Å². The molecule has 14 heavy (non-hydrogen) atoms. The van der Waals surface area contributed by atoms with Gasteiger partial charge in [-0.3, -0.25) is 4.79 Å². The molecule has 0 aromatic carbocycles. The second-order valence-corrected chi connectivity index (χ2v) is 2.93. The molecular weight excluding hydrogens is 198 g/mol. The van der Waals surface area contributed by atoms with E-state index in [0.717, 1.165) is 0 Å². The standard InChI is InChI=1S/C8H12F2O4/c1-3-5(2)6(11)14-4-8(9,10)7(12)13/h5H,3-4H2,1-2H3,(H,12,13). The summed E-state index contributed by atoms with van der Waals surface area (Å²) in [6, 6.07) is 0. The van der Waals surface area contributed by atoms with Gasteiger partial charge in [0, 0.05) is 0 Å². The first-order valence-corrected chi connectivity index (χ1v) is 4.09. The maximum Gasteiger partial charge on any atom is 0.378 e. The second kappa shape index (κ2) is 4.88. The maximum absolute atomic E-state index is 12.4. The highest BCUT2D eigenvalue weighted by Gasteiger charge is 2.40. The molecule has 0 rings (SSSR count). The van der Waals surface area contributed by atoms with Gasteiger partial charge in [0.15, 0.2) is 6.61 Å². The van der Waals surface area contributed by atoms with Crippen LogP contribution >= 0.6 is 0 Å². The van der Waals surface area contributed by atoms with Gasteiger partial charge in [-0.25, -0.2) is 4.79 Å². The Labute approximate surface area is 79.9 Å². The molecule has 0 fully saturated rings. The van der Waals surface area contributed by atoms with E-state index >= 15 is 0 Å². The van der Waals surface area contributed by atoms with E-state index in [0.29, 0.717) is 6.42 Å². The van der Waals surface area contributed by atoms with Crippen LogP contribution in [0.25, 0.3) is 0 Å². The largest absolute Gasteiger partial charge is 0.477 e. The van der Waals surface area contributed by atoms with Crippen LogP contribution in [0.5, 0.6) is 0 Å². The fourth-order valence-electron chi connectivity index (χ4n) is 0.532. The number of halogens is 2. The summed E-state index contributed by atoms with van der Waals surface area (Å²) in [6.07, 6.45) is 0.456. The molecule has 0 aromatic heterocycles. The average molecular weight is 210 g/mol. The molecular formula is C8H12F2O4. The van der Waals surface area contributed by atoms with Gasteiger partial charge < -0.3 is 9.84 Å². The molecule has 1 unspecified atom stereocenters. The minimum Gasteiger partial charge on any atom is -0.477 e. The smallest absolute Gasteiger partial charge is 0.378 e. The first-order chi connectivity index (χ1) is 6.31. The molecule has 6 heteroatoms. The number of rotatable bonds is 5. The van der Waals surface area contributed by atoms with Crippen molar-refractivity contribution in [1.82, 2.24) is 0 Å². The number of carboxylic acid groups (broad SMARTS) is 1. The first-order valence-electron chi connectivity index (χ1n) is 4.09. The topological polar surface area (TPSA) is 63.6 Å². The Balaban J connectivity index is 4.06. The lowest BCUT2D eigenvalue weighted by Gasteiger charge is -2.13. The molecule has 0 aromatic rings. The third-order valence-electron chi connectivity index (χ3n) is 1.72. The molecule has 0 spiro atoms. The van der Waals surface area contributed by atoms with Crippen molar-refractivity contribution in [2.45, 2.75) is 26.2 Å². The summed E-state index contributed by atoms with van der Waals surface area (Å²) in [5, 5.41) is 8.01. The Kier molecular flexibility index (Phi) is 4.46. The predicted molar refractivity (Wildman–Crippen MR) is 43.0 cm³/mol. The molecule has 1 atom stereocenters. The zero-order valence-electron chi connectivity index (χ0n) is 7.92. The van der Waals surface area contributed by atoms with E-state index in [1.165, 1.54) is 6.92 Å². The van der Waals surface area contributed by atoms with E-state index in [9.17, 15) is 18.4 Å². The van der Waals surface area contributed by atoms with E-state index in [1.807, 2.05) is 0 Å². The number of esters is 1. The van der Waals surface area contributed by atoms with E-state index in [1.54, 1.807) is 6.92 Å². The summed E-state index contributed by atoms with van der Waals surface area (Å²) in [4.78, 5) is 20.8. The Morgan fingerprint density at radius 1 is 1.50 bits per heavy atom. The number of alkyl halides is 2. The molecule has 0 aliphatic rings. The zero-order valence-corrected chi connectivity index (χ0v) is 7.92. The highest BCUT2D eigenvalue weighted by molar-refractivity contribution is 5.77. The fraction of sp³-hybridized carbons (Fsp3) is 0.750. The summed E-state index contributed by atoms with van der Waals surface area (Å²) < 4.78 is 28.9. The van der Waals surface area contributed by atoms with E-state index in [4.69, 9.17) is 5.11 Å². The van der Waals surface area contributed by atoms with Crippen LogP contribution in [0.4, 0.5) is 8.78 Å². The van der Waals surface area contributed by atoms with Crippen molar-refractivity contribution in [2.24, 2.45) is 5.92 Å². The van der Waals surface area contributed by atoms with Crippen molar-refractivity contribution in [3.63, 3.8) is 0 Å². The van der Waals surface area contributed by atoms with Gasteiger partial charge in [-0.15, -0.1) is 0 Å². The Hall–Kier alpha value is -1.20. The third-order valence-corrected chi connectivity index (χ3v) is 1.72. The van der Waals surface area contributed by atoms with Crippen molar-refractivity contribution in [2.75, 3.05) is 6.61 Å². The Morgan fingerprint density at radius 3 is 2.36 bits per heavy atom. The average Bonchev–Trinajstić information content (AvgIpc) is 2.12. The van der Waals surface area contributed by atoms with Crippen LogP contribution in [0.3, 0.4) is 0 Å². The minimum absolute atomic E-state index is 0.456. The van der Waals surface area contributed by atoms with Gasteiger partial charge in [0.2, 0.25) is 0 Å². The van der Waals surface area contributed by atoms with Crippen molar-refractivity contribution in [3.05, 3.63) is 0 Å². The van der Waals surface area contributed by atoms with Gasteiger partial charge in [0.05, 0.1) is 5.92 Å². The van der Waals surface area contributed by atoms with Gasteiger partial charge >= 0.3 is 17.9 Å². The van der Waals surface area contributed by atoms with Gasteiger partial charge in [-0.2, -0.15) is 8.78 Å². The molecule has 82 valence electrons. The monoisotopic (exact) mass is 210 g/mol. The van der Waals surface area contributed by atoms with Crippen LogP contribution in [-0.4, -0.2) is 29.6 Å². The number of hydrogen-bond donors (Lipinski definition) is 1. The summed E-state index contributed by atoms with van der Waals surface area (Å²) in [5.41, 5.74) is 0. The quantitative estimate of drug-likeness (QED) is 0.694. The molecule has 1 N–H and O–H groups in total. The lowest BCUT2D eigenvalue weighted by atomic mass is 10.1. The molecule has 0 saturated carbocycles. The third kappa shape index (κ3) is 3.68. The van der Waals surface area contributed by atoms with Gasteiger partial charge in [0.1, 0.15) is 0 Å². The second-order valence-electron chi connectivity index (χ2n) is 2.93. The van der Waals surface area contributed by atoms with Crippen molar-refractivity contribution in [1.29, 1.82) is 0 Å². The number of hydrogen-bond acceptors (Lipinski definition) is 3. The molecule has 0 aliphatic heterocycles. The molecule has 0 saturated heterocycles. The predicted octanol–water partition coefficient (Wildman–Crippen LogP) is 1.30. The van der Waals surface area contributed by atoms with Crippen LogP contribution in [0.2, 0.25) is 0 Å². The van der Waals surface area contributed by atoms with Crippen LogP contribution < -0.4 is 0 Å². The minimum atomic E-state index is -4.01. The van der Waals surface area contributed by atoms with Crippen molar-refractivity contribution < 1.29 is 28.2 Å². The molecule has 0 radical (unpaired) electrons. The fourth-order valence-corrected chi connectivity index (χ4v) is 0.532.